The number of nitrogens with one attached hydrogen (secondary N) is 1. The number of carbonyl (C=O) groups excluding carboxylic acids is 2. The minimum atomic E-state index is -0.445. The molecule has 2 fully saturated rings. The van der Waals surface area contributed by atoms with E-state index in [2.05, 4.69) is 5.32 Å². The van der Waals surface area contributed by atoms with Gasteiger partial charge >= 0.3 is 0 Å². The van der Waals surface area contributed by atoms with E-state index in [1.54, 1.807) is 29.7 Å². The molecule has 0 aliphatic carbocycles. The molecular formula is C15H17FN2O2S. The Hall–Kier alpha value is -1.56. The number of fused-ring (bicyclic) bond motifs is 1. The van der Waals surface area contributed by atoms with Crippen molar-refractivity contribution in [2.24, 2.45) is 0 Å². The van der Waals surface area contributed by atoms with Crippen molar-refractivity contribution in [1.29, 1.82) is 0 Å². The molecule has 2 aliphatic rings. The average Bonchev–Trinajstić information content (AvgIpc) is 2.90. The van der Waals surface area contributed by atoms with Crippen molar-refractivity contribution in [2.75, 3.05) is 11.1 Å². The molecule has 2 atom stereocenters. The third kappa shape index (κ3) is 2.41. The highest BCUT2D eigenvalue weighted by atomic mass is 32.2. The van der Waals surface area contributed by atoms with Gasteiger partial charge in [-0.15, -0.1) is 11.8 Å². The minimum Gasteiger partial charge on any atom is -0.324 e. The molecular weight excluding hydrogens is 291 g/mol. The Morgan fingerprint density at radius 3 is 3.00 bits per heavy atom. The van der Waals surface area contributed by atoms with Crippen molar-refractivity contribution >= 4 is 29.3 Å². The van der Waals surface area contributed by atoms with Gasteiger partial charge in [-0.3, -0.25) is 9.59 Å². The number of anilines is 1. The fourth-order valence-electron chi connectivity index (χ4n) is 3.00. The summed E-state index contributed by atoms with van der Waals surface area (Å²) in [6, 6.07) is 3.80. The van der Waals surface area contributed by atoms with E-state index in [1.807, 2.05) is 6.92 Å². The number of carbonyl (C=O) groups is 2. The van der Waals surface area contributed by atoms with Gasteiger partial charge in [0.05, 0.1) is 4.87 Å². The van der Waals surface area contributed by atoms with E-state index in [0.29, 0.717) is 23.4 Å². The molecule has 0 spiro atoms. The molecule has 4 nitrogen and oxygen atoms in total. The maximum Gasteiger partial charge on any atom is 0.248 e. The van der Waals surface area contributed by atoms with Crippen LogP contribution in [0, 0.1) is 12.7 Å². The smallest absolute Gasteiger partial charge is 0.248 e. The maximum atomic E-state index is 13.1. The van der Waals surface area contributed by atoms with Crippen LogP contribution in [0.15, 0.2) is 18.2 Å². The van der Waals surface area contributed by atoms with Crippen LogP contribution in [0.3, 0.4) is 0 Å². The molecule has 0 saturated carbocycles. The largest absolute Gasteiger partial charge is 0.324 e. The van der Waals surface area contributed by atoms with Crippen LogP contribution >= 0.6 is 11.8 Å². The van der Waals surface area contributed by atoms with E-state index in [1.165, 1.54) is 12.1 Å². The lowest BCUT2D eigenvalue weighted by Crippen LogP contribution is -2.48. The zero-order valence-corrected chi connectivity index (χ0v) is 12.8. The average molecular weight is 308 g/mol. The first-order valence-corrected chi connectivity index (χ1v) is 7.92. The van der Waals surface area contributed by atoms with Gasteiger partial charge in [-0.05, 0) is 44.0 Å². The Morgan fingerprint density at radius 1 is 1.52 bits per heavy atom. The summed E-state index contributed by atoms with van der Waals surface area (Å²) in [7, 11) is 0. The highest BCUT2D eigenvalue weighted by Gasteiger charge is 2.52. The predicted octanol–water partition coefficient (Wildman–Crippen LogP) is 2.53. The molecule has 0 aromatic heterocycles. The van der Waals surface area contributed by atoms with Crippen molar-refractivity contribution in [1.82, 2.24) is 4.90 Å². The molecule has 3 rings (SSSR count). The van der Waals surface area contributed by atoms with Gasteiger partial charge in [-0.25, -0.2) is 4.39 Å². The van der Waals surface area contributed by atoms with Crippen molar-refractivity contribution in [3.8, 4) is 0 Å². The van der Waals surface area contributed by atoms with Gasteiger partial charge in [-0.2, -0.15) is 0 Å². The quantitative estimate of drug-likeness (QED) is 0.913. The third-order valence-electron chi connectivity index (χ3n) is 4.19. The molecule has 2 heterocycles. The van der Waals surface area contributed by atoms with Crippen LogP contribution in [-0.2, 0) is 9.59 Å². The van der Waals surface area contributed by atoms with E-state index < -0.39 is 6.04 Å². The Labute approximate surface area is 127 Å². The van der Waals surface area contributed by atoms with Gasteiger partial charge in [0.15, 0.2) is 0 Å². The summed E-state index contributed by atoms with van der Waals surface area (Å²) in [6.07, 6.45) is 1.29. The van der Waals surface area contributed by atoms with Gasteiger partial charge in [0.1, 0.15) is 11.9 Å². The zero-order chi connectivity index (χ0) is 15.2. The molecule has 1 aromatic carbocycles. The third-order valence-corrected chi connectivity index (χ3v) is 5.70. The number of nitrogens with zero attached hydrogens (tertiary/aromatic N) is 1. The lowest BCUT2D eigenvalue weighted by Gasteiger charge is -2.30. The first-order valence-electron chi connectivity index (χ1n) is 6.94. The molecule has 2 saturated heterocycles. The normalized spacial score (nSPS) is 27.9. The minimum absolute atomic E-state index is 0.0403. The molecule has 112 valence electrons. The maximum absolute atomic E-state index is 13.1. The molecule has 0 unspecified atom stereocenters. The predicted molar refractivity (Wildman–Crippen MR) is 80.5 cm³/mol. The highest BCUT2D eigenvalue weighted by Crippen LogP contribution is 2.47. The Kier molecular flexibility index (Phi) is 3.43. The van der Waals surface area contributed by atoms with Gasteiger partial charge < -0.3 is 10.2 Å². The van der Waals surface area contributed by atoms with Crippen LogP contribution in [0.5, 0.6) is 0 Å². The Morgan fingerprint density at radius 2 is 2.29 bits per heavy atom. The van der Waals surface area contributed by atoms with E-state index in [0.717, 1.165) is 6.42 Å². The van der Waals surface area contributed by atoms with Gasteiger partial charge in [0.25, 0.3) is 0 Å². The first-order chi connectivity index (χ1) is 9.90. The standard InChI is InChI=1S/C15H17FN2O2S/c1-9-7-10(16)3-4-11(9)17-14(20)12-8-21-15(2)6-5-13(19)18(12)15/h3-4,7,12H,5-6,8H2,1-2H3,(H,17,20)/t12-,15+/m0/s1. The van der Waals surface area contributed by atoms with Crippen molar-refractivity contribution in [2.45, 2.75) is 37.6 Å². The SMILES string of the molecule is Cc1cc(F)ccc1NC(=O)[C@@H]1CS[C@]2(C)CCC(=O)N12. The number of thioether (sulfide) groups is 1. The molecule has 0 radical (unpaired) electrons. The second-order valence-electron chi connectivity index (χ2n) is 5.71. The molecule has 0 bridgehead atoms. The fourth-order valence-corrected chi connectivity index (χ4v) is 4.43. The van der Waals surface area contributed by atoms with Crippen LogP contribution < -0.4 is 5.32 Å². The van der Waals surface area contributed by atoms with Crippen molar-refractivity contribution in [3.05, 3.63) is 29.6 Å². The van der Waals surface area contributed by atoms with Crippen LogP contribution in [-0.4, -0.2) is 33.4 Å². The van der Waals surface area contributed by atoms with Crippen molar-refractivity contribution in [3.63, 3.8) is 0 Å². The van der Waals surface area contributed by atoms with Crippen LogP contribution in [0.1, 0.15) is 25.3 Å². The van der Waals surface area contributed by atoms with Crippen LogP contribution in [0.2, 0.25) is 0 Å². The number of halogens is 1. The Bertz CT molecular complexity index is 622. The van der Waals surface area contributed by atoms with Crippen LogP contribution in [0.25, 0.3) is 0 Å². The second kappa shape index (κ2) is 5.02. The van der Waals surface area contributed by atoms with E-state index in [-0.39, 0.29) is 22.5 Å². The zero-order valence-electron chi connectivity index (χ0n) is 12.0. The van der Waals surface area contributed by atoms with Gasteiger partial charge in [0, 0.05) is 17.9 Å². The summed E-state index contributed by atoms with van der Waals surface area (Å²) >= 11 is 1.66. The summed E-state index contributed by atoms with van der Waals surface area (Å²) in [5.41, 5.74) is 1.26. The van der Waals surface area contributed by atoms with E-state index in [9.17, 15) is 14.0 Å². The summed E-state index contributed by atoms with van der Waals surface area (Å²) in [5, 5.41) is 2.82. The molecule has 2 amide bonds. The number of hydrogen-bond acceptors (Lipinski definition) is 3. The van der Waals surface area contributed by atoms with E-state index >= 15 is 0 Å². The monoisotopic (exact) mass is 308 g/mol. The number of amides is 2. The summed E-state index contributed by atoms with van der Waals surface area (Å²) in [5.74, 6) is 0.118. The lowest BCUT2D eigenvalue weighted by atomic mass is 10.1. The fraction of sp³-hybridized carbons (Fsp3) is 0.467. The van der Waals surface area contributed by atoms with E-state index in [4.69, 9.17) is 0 Å². The number of aryl methyl sites for hydroxylation is 1. The van der Waals surface area contributed by atoms with Gasteiger partial charge in [-0.1, -0.05) is 0 Å². The molecule has 6 heteroatoms. The molecule has 21 heavy (non-hydrogen) atoms. The second-order valence-corrected chi connectivity index (χ2v) is 7.22. The molecule has 1 aromatic rings. The number of rotatable bonds is 2. The highest BCUT2D eigenvalue weighted by molar-refractivity contribution is 8.01. The first kappa shape index (κ1) is 14.4. The van der Waals surface area contributed by atoms with Crippen LogP contribution in [0.4, 0.5) is 10.1 Å². The van der Waals surface area contributed by atoms with Gasteiger partial charge in [0.2, 0.25) is 11.8 Å². The molecule has 2 aliphatic heterocycles. The molecule has 1 N–H and O–H groups in total. The summed E-state index contributed by atoms with van der Waals surface area (Å²) < 4.78 is 13.1. The summed E-state index contributed by atoms with van der Waals surface area (Å²) in [4.78, 5) is 26.0. The number of benzene rings is 1. The summed E-state index contributed by atoms with van der Waals surface area (Å²) in [6.45, 7) is 3.76. The topological polar surface area (TPSA) is 49.4 Å². The Balaban J connectivity index is 1.78. The van der Waals surface area contributed by atoms with Crippen molar-refractivity contribution < 1.29 is 14.0 Å². The number of hydrogen-bond donors (Lipinski definition) is 1. The lowest BCUT2D eigenvalue weighted by molar-refractivity contribution is -0.135.